The molecule has 5 heteroatoms. The van der Waals surface area contributed by atoms with E-state index in [0.717, 1.165) is 0 Å². The molecule has 5 nitrogen and oxygen atoms in total. The van der Waals surface area contributed by atoms with E-state index in [1.54, 1.807) is 7.11 Å². The Morgan fingerprint density at radius 3 is 2.47 bits per heavy atom. The molecule has 86 valence electrons. The number of imide groups is 1. The predicted molar refractivity (Wildman–Crippen MR) is 55.3 cm³/mol. The van der Waals surface area contributed by atoms with Crippen LogP contribution in [0.1, 0.15) is 20.3 Å². The van der Waals surface area contributed by atoms with Crippen molar-refractivity contribution < 1.29 is 14.3 Å². The number of hydrogen-bond acceptors (Lipinski definition) is 4. The average molecular weight is 214 g/mol. The molecular formula is C10H18N2O3. The highest BCUT2D eigenvalue weighted by molar-refractivity contribution is 6.05. The molecule has 1 N–H and O–H groups in total. The molecule has 0 radical (unpaired) electrons. The van der Waals surface area contributed by atoms with Gasteiger partial charge in [0.1, 0.15) is 0 Å². The number of likely N-dealkylation sites (N-methyl/N-ethyl adjacent to an activating group) is 1. The van der Waals surface area contributed by atoms with Crippen LogP contribution in [0.3, 0.4) is 0 Å². The van der Waals surface area contributed by atoms with Gasteiger partial charge in [-0.05, 0) is 13.8 Å². The molecule has 0 spiro atoms. The number of amides is 2. The second-order valence-corrected chi connectivity index (χ2v) is 3.94. The van der Waals surface area contributed by atoms with E-state index in [4.69, 9.17) is 4.74 Å². The number of nitrogens with one attached hydrogen (secondary N) is 1. The molecule has 1 fully saturated rings. The van der Waals surface area contributed by atoms with Gasteiger partial charge in [-0.2, -0.15) is 0 Å². The molecule has 1 heterocycles. The van der Waals surface area contributed by atoms with Crippen LogP contribution in [0.25, 0.3) is 0 Å². The van der Waals surface area contributed by atoms with E-state index >= 15 is 0 Å². The van der Waals surface area contributed by atoms with Crippen molar-refractivity contribution in [3.05, 3.63) is 0 Å². The van der Waals surface area contributed by atoms with Crippen molar-refractivity contribution in [1.29, 1.82) is 0 Å². The first kappa shape index (κ1) is 12.1. The van der Waals surface area contributed by atoms with E-state index < -0.39 is 6.04 Å². The highest BCUT2D eigenvalue weighted by Gasteiger charge is 2.36. The highest BCUT2D eigenvalue weighted by Crippen LogP contribution is 2.12. The number of carbonyl (C=O) groups is 2. The van der Waals surface area contributed by atoms with Gasteiger partial charge in [-0.15, -0.1) is 0 Å². The minimum atomic E-state index is -0.393. The normalized spacial score (nSPS) is 25.9. The van der Waals surface area contributed by atoms with Crippen LogP contribution in [0.15, 0.2) is 0 Å². The molecule has 0 aromatic carbocycles. The smallest absolute Gasteiger partial charge is 0.246 e. The zero-order valence-electron chi connectivity index (χ0n) is 9.61. The van der Waals surface area contributed by atoms with Crippen LogP contribution in [-0.2, 0) is 14.3 Å². The Bertz CT molecular complexity index is 267. The van der Waals surface area contributed by atoms with Crippen LogP contribution in [-0.4, -0.2) is 49.1 Å². The first-order chi connectivity index (χ1) is 6.97. The molecule has 1 aliphatic rings. The minimum absolute atomic E-state index is 0.0128. The van der Waals surface area contributed by atoms with Crippen molar-refractivity contribution >= 4 is 11.8 Å². The molecule has 1 saturated heterocycles. The fraction of sp³-hybridized carbons (Fsp3) is 0.800. The van der Waals surface area contributed by atoms with Crippen molar-refractivity contribution in [3.8, 4) is 0 Å². The van der Waals surface area contributed by atoms with E-state index in [-0.39, 0.29) is 30.4 Å². The Balaban J connectivity index is 2.53. The summed E-state index contributed by atoms with van der Waals surface area (Å²) in [5.74, 6) is -0.287. The third-order valence-corrected chi connectivity index (χ3v) is 2.92. The van der Waals surface area contributed by atoms with E-state index in [9.17, 15) is 9.59 Å². The van der Waals surface area contributed by atoms with Gasteiger partial charge < -0.3 is 10.1 Å². The van der Waals surface area contributed by atoms with Crippen molar-refractivity contribution in [2.75, 3.05) is 14.2 Å². The van der Waals surface area contributed by atoms with Crippen LogP contribution in [0.4, 0.5) is 0 Å². The van der Waals surface area contributed by atoms with Crippen LogP contribution < -0.4 is 5.32 Å². The molecule has 0 aromatic rings. The van der Waals surface area contributed by atoms with E-state index in [1.807, 2.05) is 13.8 Å². The fourth-order valence-electron chi connectivity index (χ4n) is 1.54. The molecule has 1 rings (SSSR count). The number of rotatable bonds is 4. The second-order valence-electron chi connectivity index (χ2n) is 3.94. The largest absolute Gasteiger partial charge is 0.380 e. The van der Waals surface area contributed by atoms with Crippen LogP contribution >= 0.6 is 0 Å². The van der Waals surface area contributed by atoms with Crippen molar-refractivity contribution in [2.45, 2.75) is 38.5 Å². The lowest BCUT2D eigenvalue weighted by molar-refractivity contribution is -0.137. The highest BCUT2D eigenvalue weighted by atomic mass is 16.5. The fourth-order valence-corrected chi connectivity index (χ4v) is 1.54. The van der Waals surface area contributed by atoms with Gasteiger partial charge in [0.15, 0.2) is 0 Å². The molecule has 15 heavy (non-hydrogen) atoms. The van der Waals surface area contributed by atoms with Gasteiger partial charge in [0, 0.05) is 20.2 Å². The SMILES string of the molecule is COC(C)C(C)NC1CC(=O)N(C)C1=O. The van der Waals surface area contributed by atoms with E-state index in [1.165, 1.54) is 11.9 Å². The molecule has 0 aliphatic carbocycles. The second kappa shape index (κ2) is 4.72. The molecule has 1 aliphatic heterocycles. The molecule has 3 atom stereocenters. The summed E-state index contributed by atoms with van der Waals surface area (Å²) < 4.78 is 5.14. The van der Waals surface area contributed by atoms with Crippen molar-refractivity contribution in [2.24, 2.45) is 0 Å². The Labute approximate surface area is 89.8 Å². The maximum absolute atomic E-state index is 11.6. The Morgan fingerprint density at radius 2 is 2.07 bits per heavy atom. The number of carbonyl (C=O) groups excluding carboxylic acids is 2. The predicted octanol–water partition coefficient (Wildman–Crippen LogP) is -0.243. The first-order valence-electron chi connectivity index (χ1n) is 5.06. The number of nitrogens with zero attached hydrogens (tertiary/aromatic N) is 1. The Morgan fingerprint density at radius 1 is 1.47 bits per heavy atom. The zero-order valence-corrected chi connectivity index (χ0v) is 9.61. The summed E-state index contributed by atoms with van der Waals surface area (Å²) in [4.78, 5) is 24.0. The van der Waals surface area contributed by atoms with Crippen LogP contribution in [0.5, 0.6) is 0 Å². The summed E-state index contributed by atoms with van der Waals surface area (Å²) in [5.41, 5.74) is 0. The molecule has 2 amide bonds. The quantitative estimate of drug-likeness (QED) is 0.656. The van der Waals surface area contributed by atoms with Crippen molar-refractivity contribution in [3.63, 3.8) is 0 Å². The zero-order chi connectivity index (χ0) is 11.6. The molecule has 0 saturated carbocycles. The molecule has 0 bridgehead atoms. The molecule has 3 unspecified atom stereocenters. The van der Waals surface area contributed by atoms with Gasteiger partial charge in [-0.1, -0.05) is 0 Å². The van der Waals surface area contributed by atoms with Crippen LogP contribution in [0.2, 0.25) is 0 Å². The number of ether oxygens (including phenoxy) is 1. The van der Waals surface area contributed by atoms with E-state index in [2.05, 4.69) is 5.32 Å². The summed E-state index contributed by atoms with van der Waals surface area (Å²) in [5, 5.41) is 3.10. The van der Waals surface area contributed by atoms with Gasteiger partial charge in [0.2, 0.25) is 11.8 Å². The van der Waals surface area contributed by atoms with Gasteiger partial charge in [-0.3, -0.25) is 14.5 Å². The Kier molecular flexibility index (Phi) is 3.82. The lowest BCUT2D eigenvalue weighted by Crippen LogP contribution is -2.46. The summed E-state index contributed by atoms with van der Waals surface area (Å²) in [6.45, 7) is 3.85. The van der Waals surface area contributed by atoms with Gasteiger partial charge in [-0.25, -0.2) is 0 Å². The maximum Gasteiger partial charge on any atom is 0.246 e. The molecule has 0 aromatic heterocycles. The minimum Gasteiger partial charge on any atom is -0.380 e. The third kappa shape index (κ3) is 2.54. The van der Waals surface area contributed by atoms with Gasteiger partial charge >= 0.3 is 0 Å². The van der Waals surface area contributed by atoms with Crippen molar-refractivity contribution in [1.82, 2.24) is 10.2 Å². The number of hydrogen-bond donors (Lipinski definition) is 1. The first-order valence-corrected chi connectivity index (χ1v) is 5.06. The maximum atomic E-state index is 11.6. The topological polar surface area (TPSA) is 58.6 Å². The lowest BCUT2D eigenvalue weighted by atomic mass is 10.1. The summed E-state index contributed by atoms with van der Waals surface area (Å²) in [7, 11) is 3.13. The number of likely N-dealkylation sites (tertiary alicyclic amines) is 1. The van der Waals surface area contributed by atoms with Crippen LogP contribution in [0, 0.1) is 0 Å². The van der Waals surface area contributed by atoms with E-state index in [0.29, 0.717) is 0 Å². The standard InChI is InChI=1S/C10H18N2O3/c1-6(7(2)15-4)11-8-5-9(13)12(3)10(8)14/h6-8,11H,5H2,1-4H3. The van der Waals surface area contributed by atoms with Gasteiger partial charge in [0.25, 0.3) is 0 Å². The average Bonchev–Trinajstić information content (AvgIpc) is 2.45. The lowest BCUT2D eigenvalue weighted by Gasteiger charge is -2.22. The third-order valence-electron chi connectivity index (χ3n) is 2.92. The summed E-state index contributed by atoms with van der Waals surface area (Å²) >= 11 is 0. The Hall–Kier alpha value is -0.940. The van der Waals surface area contributed by atoms with Gasteiger partial charge in [0.05, 0.1) is 18.6 Å². The summed E-state index contributed by atoms with van der Waals surface area (Å²) in [6, 6.07) is -0.349. The summed E-state index contributed by atoms with van der Waals surface area (Å²) in [6.07, 6.45) is 0.259. The monoisotopic (exact) mass is 214 g/mol. The number of methoxy groups -OCH3 is 1. The molecular weight excluding hydrogens is 196 g/mol.